The summed E-state index contributed by atoms with van der Waals surface area (Å²) in [6, 6.07) is 13.5. The standard InChI is InChI=1S/C18H17N3O5S/c19-11-14(12-21-15-3-7-17(8-4-15)27(24,25)26)18(23)20-10-9-13-1-5-16(22)6-2-13/h1-8,12,21-22H,9-10H2,(H,20,23)(H,24,25,26)/b14-12-. The molecule has 0 aliphatic carbocycles. The molecule has 0 atom stereocenters. The highest BCUT2D eigenvalue weighted by Crippen LogP contribution is 2.14. The predicted octanol–water partition coefficient (Wildman–Crippen LogP) is 1.82. The van der Waals surface area contributed by atoms with E-state index in [2.05, 4.69) is 10.6 Å². The number of nitrogens with one attached hydrogen (secondary N) is 2. The van der Waals surface area contributed by atoms with Crippen molar-refractivity contribution in [2.45, 2.75) is 11.3 Å². The Bertz CT molecular complexity index is 975. The Kier molecular flexibility index (Phi) is 6.54. The maximum atomic E-state index is 12.0. The molecule has 2 aromatic rings. The first-order valence-electron chi connectivity index (χ1n) is 7.80. The Morgan fingerprint density at radius 2 is 1.74 bits per heavy atom. The zero-order valence-corrected chi connectivity index (χ0v) is 14.9. The van der Waals surface area contributed by atoms with Gasteiger partial charge in [0.25, 0.3) is 16.0 Å². The molecule has 0 bridgehead atoms. The molecular formula is C18H17N3O5S. The lowest BCUT2D eigenvalue weighted by Gasteiger charge is -2.06. The third-order valence-corrected chi connectivity index (χ3v) is 4.40. The van der Waals surface area contributed by atoms with Gasteiger partial charge in [0, 0.05) is 18.4 Å². The van der Waals surface area contributed by atoms with E-state index in [4.69, 9.17) is 9.81 Å². The number of carbonyl (C=O) groups is 1. The van der Waals surface area contributed by atoms with E-state index in [1.165, 1.54) is 30.5 Å². The topological polar surface area (TPSA) is 140 Å². The smallest absolute Gasteiger partial charge is 0.294 e. The Labute approximate surface area is 156 Å². The molecule has 0 aliphatic heterocycles. The number of nitriles is 1. The van der Waals surface area contributed by atoms with E-state index < -0.39 is 16.0 Å². The molecule has 2 rings (SSSR count). The summed E-state index contributed by atoms with van der Waals surface area (Å²) in [7, 11) is -4.28. The van der Waals surface area contributed by atoms with Crippen LogP contribution >= 0.6 is 0 Å². The van der Waals surface area contributed by atoms with Gasteiger partial charge >= 0.3 is 0 Å². The van der Waals surface area contributed by atoms with Crippen molar-refractivity contribution in [3.63, 3.8) is 0 Å². The number of phenols is 1. The summed E-state index contributed by atoms with van der Waals surface area (Å²) < 4.78 is 30.9. The molecule has 0 aromatic heterocycles. The minimum atomic E-state index is -4.28. The molecule has 0 fully saturated rings. The van der Waals surface area contributed by atoms with E-state index >= 15 is 0 Å². The second-order valence-corrected chi connectivity index (χ2v) is 6.91. The third-order valence-electron chi connectivity index (χ3n) is 3.54. The lowest BCUT2D eigenvalue weighted by Crippen LogP contribution is -2.27. The highest BCUT2D eigenvalue weighted by atomic mass is 32.2. The van der Waals surface area contributed by atoms with Crippen LogP contribution < -0.4 is 10.6 Å². The van der Waals surface area contributed by atoms with Crippen molar-refractivity contribution in [2.75, 3.05) is 11.9 Å². The van der Waals surface area contributed by atoms with Crippen molar-refractivity contribution in [1.82, 2.24) is 5.32 Å². The quantitative estimate of drug-likeness (QED) is 0.323. The van der Waals surface area contributed by atoms with E-state index in [-0.39, 0.29) is 16.2 Å². The average molecular weight is 387 g/mol. The summed E-state index contributed by atoms with van der Waals surface area (Å²) in [5.74, 6) is -0.397. The fraction of sp³-hybridized carbons (Fsp3) is 0.111. The van der Waals surface area contributed by atoms with E-state index in [0.29, 0.717) is 18.7 Å². The number of hydrogen-bond acceptors (Lipinski definition) is 6. The summed E-state index contributed by atoms with van der Waals surface area (Å²) in [6.07, 6.45) is 1.74. The minimum Gasteiger partial charge on any atom is -0.508 e. The van der Waals surface area contributed by atoms with Crippen LogP contribution in [0.3, 0.4) is 0 Å². The van der Waals surface area contributed by atoms with E-state index in [1.54, 1.807) is 30.3 Å². The first-order valence-corrected chi connectivity index (χ1v) is 9.24. The number of carbonyl (C=O) groups excluding carboxylic acids is 1. The van der Waals surface area contributed by atoms with Crippen molar-refractivity contribution in [3.05, 3.63) is 65.9 Å². The number of amides is 1. The van der Waals surface area contributed by atoms with Gasteiger partial charge in [-0.1, -0.05) is 12.1 Å². The molecule has 0 heterocycles. The van der Waals surface area contributed by atoms with Gasteiger partial charge in [-0.2, -0.15) is 13.7 Å². The van der Waals surface area contributed by atoms with Gasteiger partial charge in [0.1, 0.15) is 17.4 Å². The Morgan fingerprint density at radius 1 is 1.11 bits per heavy atom. The lowest BCUT2D eigenvalue weighted by atomic mass is 10.1. The van der Waals surface area contributed by atoms with Gasteiger partial charge in [-0.3, -0.25) is 9.35 Å². The Balaban J connectivity index is 1.91. The van der Waals surface area contributed by atoms with E-state index in [0.717, 1.165) is 5.56 Å². The molecule has 0 saturated heterocycles. The first kappa shape index (κ1) is 20.0. The molecule has 0 aliphatic rings. The van der Waals surface area contributed by atoms with Crippen molar-refractivity contribution in [3.8, 4) is 11.8 Å². The van der Waals surface area contributed by atoms with Gasteiger partial charge in [0.05, 0.1) is 4.90 Å². The zero-order valence-electron chi connectivity index (χ0n) is 14.1. The van der Waals surface area contributed by atoms with Gasteiger partial charge in [0.2, 0.25) is 0 Å². The van der Waals surface area contributed by atoms with Crippen LogP contribution in [0.15, 0.2) is 65.2 Å². The van der Waals surface area contributed by atoms with Crippen molar-refractivity contribution in [1.29, 1.82) is 5.26 Å². The van der Waals surface area contributed by atoms with Gasteiger partial charge in [-0.25, -0.2) is 0 Å². The molecule has 4 N–H and O–H groups in total. The summed E-state index contributed by atoms with van der Waals surface area (Å²) in [4.78, 5) is 11.8. The summed E-state index contributed by atoms with van der Waals surface area (Å²) in [6.45, 7) is 0.311. The Hall–Kier alpha value is -3.35. The molecule has 27 heavy (non-hydrogen) atoms. The summed E-state index contributed by atoms with van der Waals surface area (Å²) in [5, 5.41) is 23.7. The third kappa shape index (κ3) is 6.14. The summed E-state index contributed by atoms with van der Waals surface area (Å²) in [5.41, 5.74) is 1.21. The molecule has 0 spiro atoms. The van der Waals surface area contributed by atoms with Crippen LogP contribution in [-0.4, -0.2) is 30.5 Å². The number of rotatable bonds is 7. The molecular weight excluding hydrogens is 370 g/mol. The maximum Gasteiger partial charge on any atom is 0.294 e. The van der Waals surface area contributed by atoms with Crippen LogP contribution in [0, 0.1) is 11.3 Å². The molecule has 1 amide bonds. The number of phenolic OH excluding ortho intramolecular Hbond substituents is 1. The normalized spacial score (nSPS) is 11.5. The molecule has 8 nitrogen and oxygen atoms in total. The van der Waals surface area contributed by atoms with Crippen molar-refractivity contribution in [2.24, 2.45) is 0 Å². The van der Waals surface area contributed by atoms with Crippen molar-refractivity contribution < 1.29 is 22.9 Å². The zero-order chi connectivity index (χ0) is 19.9. The van der Waals surface area contributed by atoms with Crippen LogP contribution in [0.2, 0.25) is 0 Å². The minimum absolute atomic E-state index is 0.153. The van der Waals surface area contributed by atoms with Gasteiger partial charge in [-0.15, -0.1) is 0 Å². The van der Waals surface area contributed by atoms with E-state index in [1.807, 2.05) is 0 Å². The summed E-state index contributed by atoms with van der Waals surface area (Å²) >= 11 is 0. The second-order valence-electron chi connectivity index (χ2n) is 5.49. The van der Waals surface area contributed by atoms with Gasteiger partial charge < -0.3 is 15.7 Å². The Morgan fingerprint density at radius 3 is 2.30 bits per heavy atom. The molecule has 0 saturated carbocycles. The van der Waals surface area contributed by atoms with Crippen LogP contribution in [0.25, 0.3) is 0 Å². The maximum absolute atomic E-state index is 12.0. The van der Waals surface area contributed by atoms with Crippen molar-refractivity contribution >= 4 is 21.7 Å². The number of benzene rings is 2. The fourth-order valence-electron chi connectivity index (χ4n) is 2.11. The van der Waals surface area contributed by atoms with Gasteiger partial charge in [-0.05, 0) is 48.4 Å². The average Bonchev–Trinajstić information content (AvgIpc) is 2.63. The van der Waals surface area contributed by atoms with Crippen LogP contribution in [0.5, 0.6) is 5.75 Å². The molecule has 2 aromatic carbocycles. The van der Waals surface area contributed by atoms with Crippen LogP contribution in [-0.2, 0) is 21.3 Å². The largest absolute Gasteiger partial charge is 0.508 e. The lowest BCUT2D eigenvalue weighted by molar-refractivity contribution is -0.117. The van der Waals surface area contributed by atoms with Crippen LogP contribution in [0.1, 0.15) is 5.56 Å². The molecule has 9 heteroatoms. The number of anilines is 1. The number of hydrogen-bond donors (Lipinski definition) is 4. The second kappa shape index (κ2) is 8.84. The van der Waals surface area contributed by atoms with E-state index in [9.17, 15) is 18.3 Å². The molecule has 0 unspecified atom stereocenters. The highest BCUT2D eigenvalue weighted by molar-refractivity contribution is 7.85. The SMILES string of the molecule is N#C/C(=C/Nc1ccc(S(=O)(=O)O)cc1)C(=O)NCCc1ccc(O)cc1. The number of aromatic hydroxyl groups is 1. The first-order chi connectivity index (χ1) is 12.8. The fourth-order valence-corrected chi connectivity index (χ4v) is 2.59. The van der Waals surface area contributed by atoms with Crippen LogP contribution in [0.4, 0.5) is 5.69 Å². The van der Waals surface area contributed by atoms with Gasteiger partial charge in [0.15, 0.2) is 0 Å². The highest BCUT2D eigenvalue weighted by Gasteiger charge is 2.10. The molecule has 140 valence electrons. The monoisotopic (exact) mass is 387 g/mol. The predicted molar refractivity (Wildman–Crippen MR) is 98.4 cm³/mol. The number of nitrogens with zero attached hydrogens (tertiary/aromatic N) is 1. The molecule has 0 radical (unpaired) electrons.